The lowest BCUT2D eigenvalue weighted by Gasteiger charge is -1.98. The molecule has 1 heterocycles. The van der Waals surface area contributed by atoms with Crippen molar-refractivity contribution in [1.82, 2.24) is 10.2 Å². The third kappa shape index (κ3) is 2.14. The topological polar surface area (TPSA) is 76.2 Å². The van der Waals surface area contributed by atoms with E-state index in [0.717, 1.165) is 8.95 Å². The van der Waals surface area contributed by atoms with E-state index in [1.54, 1.807) is 18.2 Å². The summed E-state index contributed by atoms with van der Waals surface area (Å²) in [5.74, 6) is -1.51. The average Bonchev–Trinajstić information content (AvgIpc) is 2.66. The molecular weight excluding hydrogens is 344 g/mol. The summed E-state index contributed by atoms with van der Waals surface area (Å²) >= 11 is 6.63. The van der Waals surface area contributed by atoms with E-state index >= 15 is 0 Å². The normalized spacial score (nSPS) is 10.4. The summed E-state index contributed by atoms with van der Waals surface area (Å²) in [6.07, 6.45) is 0. The van der Waals surface area contributed by atoms with Crippen LogP contribution in [0.15, 0.2) is 31.6 Å². The Hall–Kier alpha value is -1.21. The molecule has 1 N–H and O–H groups in total. The van der Waals surface area contributed by atoms with Gasteiger partial charge in [0.15, 0.2) is 0 Å². The zero-order valence-corrected chi connectivity index (χ0v) is 10.8. The van der Waals surface area contributed by atoms with Gasteiger partial charge in [-0.25, -0.2) is 4.79 Å². The fourth-order valence-electron chi connectivity index (χ4n) is 1.08. The number of hydrogen-bond acceptors (Lipinski definition) is 4. The predicted molar refractivity (Wildman–Crippen MR) is 62.1 cm³/mol. The van der Waals surface area contributed by atoms with Crippen molar-refractivity contribution in [2.24, 2.45) is 0 Å². The van der Waals surface area contributed by atoms with Crippen molar-refractivity contribution in [3.63, 3.8) is 0 Å². The molecule has 0 fully saturated rings. The molecule has 0 saturated carbocycles. The van der Waals surface area contributed by atoms with Crippen LogP contribution in [0.1, 0.15) is 10.7 Å². The molecule has 0 radical (unpaired) electrons. The van der Waals surface area contributed by atoms with Gasteiger partial charge >= 0.3 is 11.9 Å². The molecule has 0 spiro atoms. The maximum atomic E-state index is 10.6. The number of carboxylic acids is 1. The number of carbonyl (C=O) groups is 1. The standard InChI is InChI=1S/C9H4Br2N2O3/c10-4-1-2-5(6(11)3-4)7-12-13-8(16-7)9(14)15/h1-3H,(H,14,15). The van der Waals surface area contributed by atoms with E-state index in [4.69, 9.17) is 9.52 Å². The smallest absolute Gasteiger partial charge is 0.393 e. The predicted octanol–water partition coefficient (Wildman–Crippen LogP) is 2.96. The van der Waals surface area contributed by atoms with Crippen molar-refractivity contribution in [3.8, 4) is 11.5 Å². The Balaban J connectivity index is 2.46. The fraction of sp³-hybridized carbons (Fsp3) is 0. The highest BCUT2D eigenvalue weighted by atomic mass is 79.9. The van der Waals surface area contributed by atoms with Crippen LogP contribution in [0.2, 0.25) is 0 Å². The lowest BCUT2D eigenvalue weighted by molar-refractivity contribution is 0.0654. The maximum Gasteiger partial charge on any atom is 0.393 e. The molecule has 0 atom stereocenters. The van der Waals surface area contributed by atoms with Gasteiger partial charge in [0, 0.05) is 8.95 Å². The summed E-state index contributed by atoms with van der Waals surface area (Å²) < 4.78 is 6.61. The average molecular weight is 348 g/mol. The van der Waals surface area contributed by atoms with Crippen molar-refractivity contribution in [2.75, 3.05) is 0 Å². The van der Waals surface area contributed by atoms with E-state index in [0.29, 0.717) is 5.56 Å². The number of hydrogen-bond donors (Lipinski definition) is 1. The highest BCUT2D eigenvalue weighted by Crippen LogP contribution is 2.29. The van der Waals surface area contributed by atoms with E-state index in [1.807, 2.05) is 0 Å². The zero-order chi connectivity index (χ0) is 11.7. The van der Waals surface area contributed by atoms with Crippen LogP contribution in [-0.2, 0) is 0 Å². The van der Waals surface area contributed by atoms with Crippen LogP contribution in [0.5, 0.6) is 0 Å². The second-order valence-corrected chi connectivity index (χ2v) is 4.61. The SMILES string of the molecule is O=C(O)c1nnc(-c2ccc(Br)cc2Br)o1. The van der Waals surface area contributed by atoms with Gasteiger partial charge in [0.1, 0.15) is 0 Å². The van der Waals surface area contributed by atoms with Crippen LogP contribution >= 0.6 is 31.9 Å². The second kappa shape index (κ2) is 4.34. The molecule has 1 aromatic carbocycles. The molecule has 0 bridgehead atoms. The molecule has 0 saturated heterocycles. The highest BCUT2D eigenvalue weighted by molar-refractivity contribution is 9.11. The van der Waals surface area contributed by atoms with Crippen LogP contribution < -0.4 is 0 Å². The van der Waals surface area contributed by atoms with E-state index in [9.17, 15) is 4.79 Å². The van der Waals surface area contributed by atoms with Crippen molar-refractivity contribution >= 4 is 37.8 Å². The first-order chi connectivity index (χ1) is 7.58. The molecule has 0 aliphatic carbocycles. The van der Waals surface area contributed by atoms with Crippen LogP contribution in [0.25, 0.3) is 11.5 Å². The third-order valence-corrected chi connectivity index (χ3v) is 2.92. The maximum absolute atomic E-state index is 10.6. The number of carboxylic acid groups (broad SMARTS) is 1. The molecule has 1 aromatic heterocycles. The van der Waals surface area contributed by atoms with Crippen LogP contribution in [-0.4, -0.2) is 21.3 Å². The minimum Gasteiger partial charge on any atom is -0.474 e. The lowest BCUT2D eigenvalue weighted by atomic mass is 10.2. The number of aromatic carboxylic acids is 1. The number of benzene rings is 1. The summed E-state index contributed by atoms with van der Waals surface area (Å²) in [6, 6.07) is 5.35. The molecule has 0 aliphatic heterocycles. The molecule has 2 aromatic rings. The molecule has 16 heavy (non-hydrogen) atoms. The van der Waals surface area contributed by atoms with Crippen molar-refractivity contribution in [1.29, 1.82) is 0 Å². The Morgan fingerprint density at radius 2 is 2.06 bits per heavy atom. The van der Waals surface area contributed by atoms with Crippen LogP contribution in [0, 0.1) is 0 Å². The van der Waals surface area contributed by atoms with Crippen molar-refractivity contribution < 1.29 is 14.3 Å². The Morgan fingerprint density at radius 3 is 2.62 bits per heavy atom. The summed E-state index contributed by atoms with van der Waals surface area (Å²) in [6.45, 7) is 0. The van der Waals surface area contributed by atoms with Gasteiger partial charge in [-0.2, -0.15) is 0 Å². The minimum absolute atomic E-state index is 0.164. The largest absolute Gasteiger partial charge is 0.474 e. The van der Waals surface area contributed by atoms with Gasteiger partial charge in [-0.3, -0.25) is 0 Å². The lowest BCUT2D eigenvalue weighted by Crippen LogP contribution is -1.95. The van der Waals surface area contributed by atoms with E-state index in [1.165, 1.54) is 0 Å². The number of aromatic nitrogens is 2. The van der Waals surface area contributed by atoms with Crippen LogP contribution in [0.3, 0.4) is 0 Å². The Morgan fingerprint density at radius 1 is 1.31 bits per heavy atom. The number of nitrogens with zero attached hydrogens (tertiary/aromatic N) is 2. The monoisotopic (exact) mass is 346 g/mol. The fourth-order valence-corrected chi connectivity index (χ4v) is 2.30. The van der Waals surface area contributed by atoms with Gasteiger partial charge in [-0.1, -0.05) is 15.9 Å². The number of halogens is 2. The van der Waals surface area contributed by atoms with Crippen molar-refractivity contribution in [2.45, 2.75) is 0 Å². The molecule has 5 nitrogen and oxygen atoms in total. The molecule has 7 heteroatoms. The van der Waals surface area contributed by atoms with Gasteiger partial charge < -0.3 is 9.52 Å². The second-order valence-electron chi connectivity index (χ2n) is 2.84. The van der Waals surface area contributed by atoms with Gasteiger partial charge in [0.05, 0.1) is 5.56 Å². The Labute approximate surface area is 107 Å². The molecule has 0 unspecified atom stereocenters. The summed E-state index contributed by atoms with van der Waals surface area (Å²) in [4.78, 5) is 10.6. The zero-order valence-electron chi connectivity index (χ0n) is 7.65. The van der Waals surface area contributed by atoms with E-state index < -0.39 is 11.9 Å². The first-order valence-corrected chi connectivity index (χ1v) is 5.69. The highest BCUT2D eigenvalue weighted by Gasteiger charge is 2.15. The van der Waals surface area contributed by atoms with Crippen molar-refractivity contribution in [3.05, 3.63) is 33.0 Å². The van der Waals surface area contributed by atoms with Crippen LogP contribution in [0.4, 0.5) is 0 Å². The molecule has 2 rings (SSSR count). The summed E-state index contributed by atoms with van der Waals surface area (Å²) in [5, 5.41) is 15.7. The quantitative estimate of drug-likeness (QED) is 0.903. The molecular formula is C9H4Br2N2O3. The Bertz CT molecular complexity index is 553. The van der Waals surface area contributed by atoms with Gasteiger partial charge in [0.25, 0.3) is 0 Å². The van der Waals surface area contributed by atoms with Gasteiger partial charge in [-0.05, 0) is 34.1 Å². The van der Waals surface area contributed by atoms with Gasteiger partial charge in [0.2, 0.25) is 5.89 Å². The Kier molecular flexibility index (Phi) is 3.06. The molecule has 0 aliphatic rings. The minimum atomic E-state index is -1.24. The first-order valence-electron chi connectivity index (χ1n) is 4.10. The first kappa shape index (κ1) is 11.3. The molecule has 0 amide bonds. The number of rotatable bonds is 2. The molecule has 82 valence electrons. The summed E-state index contributed by atoms with van der Waals surface area (Å²) in [5.41, 5.74) is 0.642. The summed E-state index contributed by atoms with van der Waals surface area (Å²) in [7, 11) is 0. The van der Waals surface area contributed by atoms with E-state index in [-0.39, 0.29) is 5.89 Å². The van der Waals surface area contributed by atoms with E-state index in [2.05, 4.69) is 42.1 Å². The third-order valence-electron chi connectivity index (χ3n) is 1.77. The van der Waals surface area contributed by atoms with Gasteiger partial charge in [-0.15, -0.1) is 10.2 Å².